The molecule has 2 N–H and O–H groups in total. The Balaban J connectivity index is 0.00000288. The van der Waals surface area contributed by atoms with Crippen molar-refractivity contribution in [2.45, 2.75) is 13.5 Å². The summed E-state index contributed by atoms with van der Waals surface area (Å²) in [7, 11) is 1.64. The fraction of sp³-hybridized carbons (Fsp3) is 0.353. The Bertz CT molecular complexity index is 586. The Hall–Kier alpha value is -1.90. The van der Waals surface area contributed by atoms with E-state index in [0.717, 1.165) is 29.8 Å². The van der Waals surface area contributed by atoms with Gasteiger partial charge in [-0.1, -0.05) is 0 Å². The highest BCUT2D eigenvalue weighted by Gasteiger charge is 1.99. The molecule has 0 fully saturated rings. The van der Waals surface area contributed by atoms with E-state index in [1.165, 1.54) is 0 Å². The monoisotopic (exact) mass is 445 g/mol. The Morgan fingerprint density at radius 1 is 1.12 bits per heavy atom. The van der Waals surface area contributed by atoms with Gasteiger partial charge in [0.2, 0.25) is 0 Å². The van der Waals surface area contributed by atoms with Crippen LogP contribution in [0.4, 0.5) is 0 Å². The summed E-state index contributed by atoms with van der Waals surface area (Å²) in [6, 6.07) is 11.3. The van der Waals surface area contributed by atoms with Crippen molar-refractivity contribution in [1.82, 2.24) is 10.6 Å². The molecule has 0 aliphatic rings. The maximum Gasteiger partial charge on any atom is 0.191 e. The van der Waals surface area contributed by atoms with Crippen LogP contribution in [0.1, 0.15) is 12.7 Å². The van der Waals surface area contributed by atoms with Gasteiger partial charge in [-0.3, -0.25) is 0 Å². The van der Waals surface area contributed by atoms with Crippen LogP contribution in [-0.2, 0) is 6.54 Å². The van der Waals surface area contributed by atoms with Crippen molar-refractivity contribution >= 4 is 29.9 Å². The third-order valence-electron chi connectivity index (χ3n) is 3.04. The lowest BCUT2D eigenvalue weighted by Gasteiger charge is -2.12. The van der Waals surface area contributed by atoms with Gasteiger partial charge in [0.25, 0.3) is 0 Å². The van der Waals surface area contributed by atoms with E-state index in [1.807, 2.05) is 43.3 Å². The van der Waals surface area contributed by atoms with Crippen LogP contribution in [0, 0.1) is 0 Å². The Morgan fingerprint density at radius 2 is 1.88 bits per heavy atom. The van der Waals surface area contributed by atoms with Gasteiger partial charge in [-0.2, -0.15) is 0 Å². The van der Waals surface area contributed by atoms with Gasteiger partial charge in [-0.05, 0) is 43.3 Å². The fourth-order valence-corrected chi connectivity index (χ4v) is 1.91. The molecular weight excluding hydrogens is 421 g/mol. The Labute approximate surface area is 159 Å². The lowest BCUT2D eigenvalue weighted by molar-refractivity contribution is 0.321. The first-order valence-corrected chi connectivity index (χ1v) is 7.63. The molecule has 0 bridgehead atoms. The van der Waals surface area contributed by atoms with Gasteiger partial charge in [0.15, 0.2) is 5.96 Å². The molecule has 0 aliphatic carbocycles. The molecule has 24 heavy (non-hydrogen) atoms. The van der Waals surface area contributed by atoms with Gasteiger partial charge >= 0.3 is 0 Å². The summed E-state index contributed by atoms with van der Waals surface area (Å²) in [5.74, 6) is 3.19. The first-order chi connectivity index (χ1) is 11.3. The molecule has 0 saturated carbocycles. The van der Waals surface area contributed by atoms with Gasteiger partial charge in [-0.15, -0.1) is 24.0 Å². The van der Waals surface area contributed by atoms with Crippen LogP contribution in [0.5, 0.6) is 11.5 Å². The maximum atomic E-state index is 5.67. The van der Waals surface area contributed by atoms with E-state index in [4.69, 9.17) is 13.9 Å². The summed E-state index contributed by atoms with van der Waals surface area (Å²) in [5.41, 5.74) is 0. The van der Waals surface area contributed by atoms with E-state index < -0.39 is 0 Å². The third-order valence-corrected chi connectivity index (χ3v) is 3.04. The fourth-order valence-electron chi connectivity index (χ4n) is 1.91. The summed E-state index contributed by atoms with van der Waals surface area (Å²) >= 11 is 0. The highest BCUT2D eigenvalue weighted by Crippen LogP contribution is 2.16. The van der Waals surface area contributed by atoms with E-state index in [9.17, 15) is 0 Å². The predicted octanol–water partition coefficient (Wildman–Crippen LogP) is 3.04. The summed E-state index contributed by atoms with van der Waals surface area (Å²) < 4.78 is 16.0. The molecule has 2 rings (SSSR count). The van der Waals surface area contributed by atoms with E-state index in [0.29, 0.717) is 19.7 Å². The topological polar surface area (TPSA) is 68.0 Å². The van der Waals surface area contributed by atoms with Crippen LogP contribution in [-0.4, -0.2) is 32.8 Å². The summed E-state index contributed by atoms with van der Waals surface area (Å²) in [6.07, 6.45) is 1.65. The SMILES string of the molecule is CCNC(=NCc1ccco1)NCCOc1ccc(OC)cc1.I. The zero-order valence-corrected chi connectivity index (χ0v) is 16.3. The molecule has 1 aromatic heterocycles. The van der Waals surface area contributed by atoms with E-state index in [2.05, 4.69) is 15.6 Å². The van der Waals surface area contributed by atoms with Crippen molar-refractivity contribution in [3.63, 3.8) is 0 Å². The molecule has 0 amide bonds. The zero-order valence-electron chi connectivity index (χ0n) is 14.0. The Kier molecular flexibility index (Phi) is 9.74. The van der Waals surface area contributed by atoms with Crippen molar-refractivity contribution in [2.75, 3.05) is 26.8 Å². The smallest absolute Gasteiger partial charge is 0.191 e. The number of nitrogens with one attached hydrogen (secondary N) is 2. The number of nitrogens with zero attached hydrogens (tertiary/aromatic N) is 1. The van der Waals surface area contributed by atoms with Crippen molar-refractivity contribution in [3.8, 4) is 11.5 Å². The van der Waals surface area contributed by atoms with Crippen molar-refractivity contribution in [3.05, 3.63) is 48.4 Å². The van der Waals surface area contributed by atoms with E-state index >= 15 is 0 Å². The Morgan fingerprint density at radius 3 is 2.50 bits per heavy atom. The highest BCUT2D eigenvalue weighted by molar-refractivity contribution is 14.0. The minimum absolute atomic E-state index is 0. The van der Waals surface area contributed by atoms with Crippen molar-refractivity contribution in [1.29, 1.82) is 0 Å². The number of hydrogen-bond acceptors (Lipinski definition) is 4. The molecule has 132 valence electrons. The maximum absolute atomic E-state index is 5.67. The van der Waals surface area contributed by atoms with E-state index in [-0.39, 0.29) is 24.0 Å². The number of hydrogen-bond donors (Lipinski definition) is 2. The number of benzene rings is 1. The first kappa shape index (κ1) is 20.1. The second-order valence-corrected chi connectivity index (χ2v) is 4.73. The molecule has 0 unspecified atom stereocenters. The summed E-state index contributed by atoms with van der Waals surface area (Å²) in [5, 5.41) is 6.41. The molecule has 0 radical (unpaired) electrons. The van der Waals surface area contributed by atoms with Gasteiger partial charge in [0.05, 0.1) is 19.9 Å². The number of guanidine groups is 1. The lowest BCUT2D eigenvalue weighted by atomic mass is 10.3. The molecular formula is C17H24IN3O3. The number of ether oxygens (including phenoxy) is 2. The number of aliphatic imine (C=N–C) groups is 1. The second-order valence-electron chi connectivity index (χ2n) is 4.73. The largest absolute Gasteiger partial charge is 0.497 e. The van der Waals surface area contributed by atoms with Crippen LogP contribution < -0.4 is 20.1 Å². The van der Waals surface area contributed by atoms with Crippen molar-refractivity contribution < 1.29 is 13.9 Å². The van der Waals surface area contributed by atoms with Crippen LogP contribution in [0.3, 0.4) is 0 Å². The van der Waals surface area contributed by atoms with Crippen LogP contribution in [0.2, 0.25) is 0 Å². The average molecular weight is 445 g/mol. The quantitative estimate of drug-likeness (QED) is 0.283. The standard InChI is InChI=1S/C17H23N3O3.HI/c1-3-18-17(20-13-16-5-4-11-22-16)19-10-12-23-15-8-6-14(21-2)7-9-15;/h4-9,11H,3,10,12-13H2,1-2H3,(H2,18,19,20);1H. The number of halogens is 1. The van der Waals surface area contributed by atoms with E-state index in [1.54, 1.807) is 13.4 Å². The summed E-state index contributed by atoms with van der Waals surface area (Å²) in [6.45, 7) is 4.51. The molecule has 1 heterocycles. The minimum atomic E-state index is 0. The molecule has 6 nitrogen and oxygen atoms in total. The molecule has 2 aromatic rings. The normalized spacial score (nSPS) is 10.7. The molecule has 0 saturated heterocycles. The van der Waals surface area contributed by atoms with Gasteiger partial charge in [0.1, 0.15) is 30.4 Å². The molecule has 1 aromatic carbocycles. The van der Waals surface area contributed by atoms with Crippen molar-refractivity contribution in [2.24, 2.45) is 4.99 Å². The van der Waals surface area contributed by atoms with Crippen LogP contribution >= 0.6 is 24.0 Å². The van der Waals surface area contributed by atoms with Crippen LogP contribution in [0.15, 0.2) is 52.1 Å². The van der Waals surface area contributed by atoms with Gasteiger partial charge in [0, 0.05) is 6.54 Å². The zero-order chi connectivity index (χ0) is 16.3. The third kappa shape index (κ3) is 7.12. The van der Waals surface area contributed by atoms with Gasteiger partial charge < -0.3 is 24.5 Å². The average Bonchev–Trinajstić information content (AvgIpc) is 3.10. The van der Waals surface area contributed by atoms with Crippen LogP contribution in [0.25, 0.3) is 0 Å². The summed E-state index contributed by atoms with van der Waals surface area (Å²) in [4.78, 5) is 4.45. The first-order valence-electron chi connectivity index (χ1n) is 7.63. The highest BCUT2D eigenvalue weighted by atomic mass is 127. The molecule has 0 spiro atoms. The number of furan rings is 1. The number of methoxy groups -OCH3 is 1. The molecule has 0 atom stereocenters. The number of rotatable bonds is 8. The lowest BCUT2D eigenvalue weighted by Crippen LogP contribution is -2.39. The molecule has 0 aliphatic heterocycles. The predicted molar refractivity (Wildman–Crippen MR) is 105 cm³/mol. The minimum Gasteiger partial charge on any atom is -0.497 e. The molecule has 7 heteroatoms. The second kappa shape index (κ2) is 11.6. The van der Waals surface area contributed by atoms with Gasteiger partial charge in [-0.25, -0.2) is 4.99 Å².